The third-order valence-electron chi connectivity index (χ3n) is 11.9. The van der Waals surface area contributed by atoms with Crippen LogP contribution in [0.4, 0.5) is 0 Å². The van der Waals surface area contributed by atoms with Gasteiger partial charge in [0.15, 0.2) is 0 Å². The Morgan fingerprint density at radius 1 is 0.385 bits per heavy atom. The zero-order valence-electron chi connectivity index (χ0n) is 34.1. The molecule has 52 heavy (non-hydrogen) atoms. The van der Waals surface area contributed by atoms with E-state index in [-0.39, 0.29) is 0 Å². The monoisotopic (exact) mass is 692 g/mol. The maximum atomic E-state index is 2.34. The van der Waals surface area contributed by atoms with Gasteiger partial charge in [-0.3, -0.25) is 0 Å². The van der Waals surface area contributed by atoms with Gasteiger partial charge in [0.05, 0.1) is 0 Å². The molecule has 4 aliphatic carbocycles. The summed E-state index contributed by atoms with van der Waals surface area (Å²) in [5, 5.41) is 5.78. The van der Waals surface area contributed by atoms with Crippen LogP contribution in [0.15, 0.2) is 70.8 Å². The Labute approximate surface area is 313 Å². The Hall–Kier alpha value is -3.80. The number of hydrogen-bond acceptors (Lipinski definition) is 4. The van der Waals surface area contributed by atoms with E-state index in [1.165, 1.54) is 54.9 Å². The Morgan fingerprint density at radius 2 is 0.673 bits per heavy atom. The van der Waals surface area contributed by atoms with Crippen LogP contribution in [0.1, 0.15) is 72.2 Å². The summed E-state index contributed by atoms with van der Waals surface area (Å²) in [6.45, 7) is 13.5. The lowest BCUT2D eigenvalue weighted by atomic mass is 9.87. The van der Waals surface area contributed by atoms with Crippen LogP contribution in [0.5, 0.6) is 0 Å². The van der Waals surface area contributed by atoms with Gasteiger partial charge in [-0.1, -0.05) is 59.7 Å². The van der Waals surface area contributed by atoms with Gasteiger partial charge in [0.2, 0.25) is 0 Å². The third-order valence-corrected chi connectivity index (χ3v) is 11.9. The van der Waals surface area contributed by atoms with Crippen molar-refractivity contribution in [3.05, 3.63) is 115 Å². The Balaban J connectivity index is 0.000000162. The molecule has 0 aromatic heterocycles. The number of hydrogen-bond donors (Lipinski definition) is 0. The lowest BCUT2D eigenvalue weighted by molar-refractivity contribution is 0.442. The molecule has 4 heteroatoms. The molecule has 4 aromatic carbocycles. The molecule has 0 saturated carbocycles. The van der Waals surface area contributed by atoms with Gasteiger partial charge in [0, 0.05) is 26.2 Å². The Bertz CT molecular complexity index is 2080. The normalized spacial score (nSPS) is 16.5. The molecule has 0 radical (unpaired) electrons. The van der Waals surface area contributed by atoms with Gasteiger partial charge in [-0.15, -0.1) is 0 Å². The summed E-state index contributed by atoms with van der Waals surface area (Å²) in [6, 6.07) is 18.1. The smallest absolute Gasteiger partial charge is 0.0233 e. The number of likely N-dealkylation sites (N-methyl/N-ethyl adjacent to an activating group) is 4. The van der Waals surface area contributed by atoms with Crippen molar-refractivity contribution in [3.63, 3.8) is 0 Å². The lowest BCUT2D eigenvalue weighted by Crippen LogP contribution is -2.16. The summed E-state index contributed by atoms with van der Waals surface area (Å²) < 4.78 is 0. The number of nitrogens with zero attached hydrogens (tertiary/aromatic N) is 4. The van der Waals surface area contributed by atoms with Gasteiger partial charge in [0.25, 0.3) is 0 Å². The van der Waals surface area contributed by atoms with Crippen LogP contribution >= 0.6 is 0 Å². The maximum absolute atomic E-state index is 2.34. The van der Waals surface area contributed by atoms with E-state index in [0.29, 0.717) is 0 Å². The van der Waals surface area contributed by atoms with E-state index in [4.69, 9.17) is 0 Å². The van der Waals surface area contributed by atoms with E-state index in [2.05, 4.69) is 152 Å². The van der Waals surface area contributed by atoms with Crippen LogP contribution in [0.2, 0.25) is 0 Å². The second-order valence-corrected chi connectivity index (χ2v) is 17.1. The summed E-state index contributed by atoms with van der Waals surface area (Å²) in [4.78, 5) is 9.20. The molecule has 4 nitrogen and oxygen atoms in total. The average molecular weight is 693 g/mol. The first-order valence-corrected chi connectivity index (χ1v) is 19.2. The average Bonchev–Trinajstić information content (AvgIpc) is 3.79. The van der Waals surface area contributed by atoms with Gasteiger partial charge >= 0.3 is 0 Å². The summed E-state index contributed by atoms with van der Waals surface area (Å²) in [5.74, 6) is 0. The van der Waals surface area contributed by atoms with Gasteiger partial charge in [-0.05, 0) is 209 Å². The van der Waals surface area contributed by atoms with Crippen LogP contribution in [-0.2, 0) is 25.7 Å². The minimum absolute atomic E-state index is 1.03. The summed E-state index contributed by atoms with van der Waals surface area (Å²) in [7, 11) is 17.4. The van der Waals surface area contributed by atoms with Gasteiger partial charge in [-0.2, -0.15) is 0 Å². The minimum atomic E-state index is 1.03. The van der Waals surface area contributed by atoms with Gasteiger partial charge in [-0.25, -0.2) is 0 Å². The van der Waals surface area contributed by atoms with Gasteiger partial charge in [0.1, 0.15) is 0 Å². The summed E-state index contributed by atoms with van der Waals surface area (Å²) in [5.41, 5.74) is 24.9. The fraction of sp³-hybridized carbons (Fsp3) is 0.417. The van der Waals surface area contributed by atoms with Crippen LogP contribution in [-0.4, -0.2) is 102 Å². The highest BCUT2D eigenvalue weighted by Crippen LogP contribution is 2.49. The molecule has 0 amide bonds. The zero-order chi connectivity index (χ0) is 37.2. The van der Waals surface area contributed by atoms with Crippen molar-refractivity contribution in [1.82, 2.24) is 19.6 Å². The van der Waals surface area contributed by atoms with Crippen molar-refractivity contribution < 1.29 is 0 Å². The topological polar surface area (TPSA) is 13.0 Å². The molecule has 4 aromatic rings. The minimum Gasteiger partial charge on any atom is -0.305 e. The Kier molecular flexibility index (Phi) is 9.99. The van der Waals surface area contributed by atoms with Crippen molar-refractivity contribution >= 4 is 43.8 Å². The van der Waals surface area contributed by atoms with E-state index < -0.39 is 0 Å². The molecular weight excluding hydrogens is 633 g/mol. The van der Waals surface area contributed by atoms with Gasteiger partial charge < -0.3 is 19.6 Å². The molecule has 0 bridgehead atoms. The first-order valence-electron chi connectivity index (χ1n) is 19.2. The zero-order valence-corrected chi connectivity index (χ0v) is 34.1. The first-order chi connectivity index (χ1) is 24.8. The van der Waals surface area contributed by atoms with Crippen molar-refractivity contribution in [3.8, 4) is 0 Å². The van der Waals surface area contributed by atoms with Crippen molar-refractivity contribution in [2.24, 2.45) is 0 Å². The van der Waals surface area contributed by atoms with Crippen molar-refractivity contribution in [2.45, 2.75) is 53.4 Å². The number of allylic oxidation sites excluding steroid dienone is 4. The van der Waals surface area contributed by atoms with Crippen molar-refractivity contribution in [1.29, 1.82) is 0 Å². The molecule has 0 aliphatic heterocycles. The molecule has 0 spiro atoms. The summed E-state index contributed by atoms with van der Waals surface area (Å²) in [6.07, 6.45) is 4.48. The lowest BCUT2D eigenvalue weighted by Gasteiger charge is -2.20. The molecule has 0 N–H and O–H groups in total. The second-order valence-electron chi connectivity index (χ2n) is 17.1. The highest BCUT2D eigenvalue weighted by atomic mass is 15.1. The Morgan fingerprint density at radius 3 is 0.981 bits per heavy atom. The molecule has 0 fully saturated rings. The van der Waals surface area contributed by atoms with Crippen LogP contribution < -0.4 is 0 Å². The second kappa shape index (κ2) is 14.2. The van der Waals surface area contributed by atoms with Crippen molar-refractivity contribution in [2.75, 3.05) is 82.6 Å². The molecule has 8 rings (SSSR count). The molecule has 0 unspecified atom stereocenters. The fourth-order valence-corrected chi connectivity index (χ4v) is 9.81. The molecule has 0 saturated heterocycles. The number of rotatable bonds is 8. The van der Waals surface area contributed by atoms with Crippen LogP contribution in [0, 0.1) is 0 Å². The molecular formula is C48H60N4. The molecule has 272 valence electrons. The predicted molar refractivity (Wildman–Crippen MR) is 227 cm³/mol. The standard InChI is InChI=1S/2C24H30N2/c1-15-17(13-25(3)4)11-21-22-12-18(14-26(5)6)16(2)24(22)20-10-8-7-9-19(20)23(15)21;1-15-11-19-20-12-16(2)22(14-26(5)6)24(20)18-10-8-7-9-17(18)23(19)21(15)13-25(3)4/h2*7-10H,11-14H2,1-6H3. The van der Waals surface area contributed by atoms with E-state index >= 15 is 0 Å². The van der Waals surface area contributed by atoms with Crippen LogP contribution in [0.3, 0.4) is 0 Å². The van der Waals surface area contributed by atoms with Crippen LogP contribution in [0.25, 0.3) is 43.8 Å². The highest BCUT2D eigenvalue weighted by Gasteiger charge is 2.33. The third kappa shape index (κ3) is 6.32. The highest BCUT2D eigenvalue weighted by molar-refractivity contribution is 6.07. The quantitative estimate of drug-likeness (QED) is 0.183. The fourth-order valence-electron chi connectivity index (χ4n) is 9.81. The SMILES string of the molecule is CC1=C(CN(C)C)Cc2c3c(c4ccccc4c21)C(C)=C(CN(C)C)C3.CC1=C(CN(C)C)c2c(c3c(c4ccccc24)C(CN(C)C)=C(C)C3)C1. The maximum Gasteiger partial charge on any atom is 0.0233 e. The van der Waals surface area contributed by atoms with E-state index in [0.717, 1.165) is 51.9 Å². The van der Waals surface area contributed by atoms with E-state index in [1.807, 2.05) is 0 Å². The van der Waals surface area contributed by atoms with E-state index in [9.17, 15) is 0 Å². The predicted octanol–water partition coefficient (Wildman–Crippen LogP) is 9.24. The molecule has 4 aliphatic rings. The molecule has 0 atom stereocenters. The van der Waals surface area contributed by atoms with E-state index in [1.54, 1.807) is 55.7 Å². The molecule has 0 heterocycles. The largest absolute Gasteiger partial charge is 0.305 e. The summed E-state index contributed by atoms with van der Waals surface area (Å²) >= 11 is 0. The number of benzene rings is 4. The first kappa shape index (κ1) is 36.6. The number of fused-ring (bicyclic) bond motifs is 12.